The van der Waals surface area contributed by atoms with Crippen LogP contribution >= 0.6 is 0 Å². The number of primary amides is 1. The molecule has 0 aliphatic carbocycles. The summed E-state index contributed by atoms with van der Waals surface area (Å²) in [6.45, 7) is 6.58. The molecule has 0 saturated heterocycles. The van der Waals surface area contributed by atoms with Crippen molar-refractivity contribution in [1.82, 2.24) is 5.48 Å². The van der Waals surface area contributed by atoms with E-state index >= 15 is 0 Å². The summed E-state index contributed by atoms with van der Waals surface area (Å²) in [4.78, 5) is 26.3. The van der Waals surface area contributed by atoms with Crippen LogP contribution in [0.3, 0.4) is 0 Å². The van der Waals surface area contributed by atoms with Gasteiger partial charge in [0.1, 0.15) is 18.2 Å². The fourth-order valence-corrected chi connectivity index (χ4v) is 0.676. The monoisotopic (exact) mass is 218 g/mol. The van der Waals surface area contributed by atoms with E-state index in [9.17, 15) is 9.59 Å². The highest BCUT2D eigenvalue weighted by Crippen LogP contribution is 2.08. The molecule has 0 saturated carbocycles. The minimum absolute atomic E-state index is 0.285. The maximum Gasteiger partial charge on any atom is 0.325 e. The second-order valence-electron chi connectivity index (χ2n) is 4.13. The van der Waals surface area contributed by atoms with E-state index in [4.69, 9.17) is 10.5 Å². The molecule has 0 aliphatic rings. The van der Waals surface area contributed by atoms with Crippen LogP contribution in [0.4, 0.5) is 0 Å². The first-order chi connectivity index (χ1) is 6.72. The molecule has 15 heavy (non-hydrogen) atoms. The van der Waals surface area contributed by atoms with E-state index in [2.05, 4.69) is 10.3 Å². The number of carbonyl (C=O) groups excluding carboxylic acids is 2. The SMILES string of the molecule is CC(NOCC(N)=O)C(=O)OC(C)(C)C. The summed E-state index contributed by atoms with van der Waals surface area (Å²) in [7, 11) is 0. The third-order valence-corrected chi connectivity index (χ3v) is 1.23. The van der Waals surface area contributed by atoms with Gasteiger partial charge in [-0.15, -0.1) is 0 Å². The Bertz CT molecular complexity index is 235. The van der Waals surface area contributed by atoms with Gasteiger partial charge in [-0.1, -0.05) is 0 Å². The first-order valence-corrected chi connectivity index (χ1v) is 4.61. The topological polar surface area (TPSA) is 90.6 Å². The maximum absolute atomic E-state index is 11.4. The molecule has 0 heterocycles. The molecule has 6 heteroatoms. The third-order valence-electron chi connectivity index (χ3n) is 1.23. The molecule has 0 aliphatic heterocycles. The van der Waals surface area contributed by atoms with Gasteiger partial charge in [0.25, 0.3) is 0 Å². The summed E-state index contributed by atoms with van der Waals surface area (Å²) in [6.07, 6.45) is 0. The Kier molecular flexibility index (Phi) is 5.24. The molecular formula is C9H18N2O4. The van der Waals surface area contributed by atoms with Gasteiger partial charge in [-0.05, 0) is 27.7 Å². The maximum atomic E-state index is 11.4. The molecule has 1 amide bonds. The lowest BCUT2D eigenvalue weighted by molar-refractivity contribution is -0.162. The molecule has 0 fully saturated rings. The molecule has 0 aromatic heterocycles. The van der Waals surface area contributed by atoms with E-state index in [0.29, 0.717) is 0 Å². The van der Waals surface area contributed by atoms with Crippen molar-refractivity contribution in [3.05, 3.63) is 0 Å². The summed E-state index contributed by atoms with van der Waals surface area (Å²) < 4.78 is 5.06. The van der Waals surface area contributed by atoms with Crippen LogP contribution in [0.25, 0.3) is 0 Å². The normalized spacial score (nSPS) is 13.3. The Hall–Kier alpha value is -1.14. The van der Waals surface area contributed by atoms with Gasteiger partial charge in [0.15, 0.2) is 0 Å². The quantitative estimate of drug-likeness (QED) is 0.489. The number of nitrogens with one attached hydrogen (secondary N) is 1. The molecule has 0 rings (SSSR count). The molecule has 6 nitrogen and oxygen atoms in total. The number of hydrogen-bond acceptors (Lipinski definition) is 5. The lowest BCUT2D eigenvalue weighted by atomic mass is 10.2. The number of amides is 1. The highest BCUT2D eigenvalue weighted by molar-refractivity contribution is 5.76. The molecule has 0 spiro atoms. The van der Waals surface area contributed by atoms with Gasteiger partial charge in [-0.3, -0.25) is 14.4 Å². The fraction of sp³-hybridized carbons (Fsp3) is 0.778. The van der Waals surface area contributed by atoms with E-state index < -0.39 is 23.5 Å². The first-order valence-electron chi connectivity index (χ1n) is 4.61. The van der Waals surface area contributed by atoms with Crippen LogP contribution in [0, 0.1) is 0 Å². The van der Waals surface area contributed by atoms with Crippen molar-refractivity contribution < 1.29 is 19.2 Å². The summed E-state index contributed by atoms with van der Waals surface area (Å²) >= 11 is 0. The smallest absolute Gasteiger partial charge is 0.325 e. The van der Waals surface area contributed by atoms with E-state index in [1.807, 2.05) is 0 Å². The number of ether oxygens (including phenoxy) is 1. The van der Waals surface area contributed by atoms with Crippen LogP contribution in [0.1, 0.15) is 27.7 Å². The minimum Gasteiger partial charge on any atom is -0.459 e. The number of hydroxylamine groups is 1. The average Bonchev–Trinajstić information content (AvgIpc) is 1.99. The average molecular weight is 218 g/mol. The second-order valence-corrected chi connectivity index (χ2v) is 4.13. The first kappa shape index (κ1) is 13.9. The van der Waals surface area contributed by atoms with Gasteiger partial charge in [-0.25, -0.2) is 0 Å². The van der Waals surface area contributed by atoms with Crippen molar-refractivity contribution in [3.8, 4) is 0 Å². The van der Waals surface area contributed by atoms with Gasteiger partial charge in [0.2, 0.25) is 5.91 Å². The van der Waals surface area contributed by atoms with Crippen LogP contribution in [0.5, 0.6) is 0 Å². The number of nitrogens with two attached hydrogens (primary N) is 1. The number of hydrogen-bond donors (Lipinski definition) is 2. The Balaban J connectivity index is 3.85. The predicted octanol–water partition coefficient (Wildman–Crippen LogP) is -0.277. The van der Waals surface area contributed by atoms with E-state index in [1.165, 1.54) is 0 Å². The molecule has 0 radical (unpaired) electrons. The standard InChI is InChI=1S/C9H18N2O4/c1-6(11-14-5-7(10)12)8(13)15-9(2,3)4/h6,11H,5H2,1-4H3,(H2,10,12). The fourth-order valence-electron chi connectivity index (χ4n) is 0.676. The molecule has 3 N–H and O–H groups in total. The van der Waals surface area contributed by atoms with E-state index in [0.717, 1.165) is 0 Å². The molecular weight excluding hydrogens is 200 g/mol. The zero-order valence-electron chi connectivity index (χ0n) is 9.49. The van der Waals surface area contributed by atoms with Crippen molar-refractivity contribution in [2.24, 2.45) is 5.73 Å². The second kappa shape index (κ2) is 5.67. The van der Waals surface area contributed by atoms with Gasteiger partial charge in [-0.2, -0.15) is 5.48 Å². The molecule has 1 atom stereocenters. The third kappa shape index (κ3) is 7.90. The van der Waals surface area contributed by atoms with Crippen molar-refractivity contribution in [2.45, 2.75) is 39.3 Å². The van der Waals surface area contributed by atoms with Crippen LogP contribution in [-0.4, -0.2) is 30.1 Å². The van der Waals surface area contributed by atoms with Crippen molar-refractivity contribution in [2.75, 3.05) is 6.61 Å². The van der Waals surface area contributed by atoms with Crippen LogP contribution < -0.4 is 11.2 Å². The highest BCUT2D eigenvalue weighted by atomic mass is 16.7. The summed E-state index contributed by atoms with van der Waals surface area (Å²) in [5.74, 6) is -1.06. The minimum atomic E-state index is -0.649. The number of esters is 1. The van der Waals surface area contributed by atoms with Crippen molar-refractivity contribution in [1.29, 1.82) is 0 Å². The Labute approximate surface area is 89.1 Å². The molecule has 0 aromatic rings. The zero-order chi connectivity index (χ0) is 12.1. The highest BCUT2D eigenvalue weighted by Gasteiger charge is 2.21. The molecule has 88 valence electrons. The summed E-state index contributed by atoms with van der Waals surface area (Å²) in [5.41, 5.74) is 6.65. The van der Waals surface area contributed by atoms with Gasteiger partial charge >= 0.3 is 5.97 Å². The van der Waals surface area contributed by atoms with Gasteiger partial charge < -0.3 is 10.5 Å². The molecule has 0 bridgehead atoms. The lowest BCUT2D eigenvalue weighted by Crippen LogP contribution is -2.40. The molecule has 0 aromatic carbocycles. The lowest BCUT2D eigenvalue weighted by Gasteiger charge is -2.22. The van der Waals surface area contributed by atoms with Crippen LogP contribution in [-0.2, 0) is 19.2 Å². The van der Waals surface area contributed by atoms with Crippen molar-refractivity contribution in [3.63, 3.8) is 0 Å². The van der Waals surface area contributed by atoms with Crippen LogP contribution in [0.15, 0.2) is 0 Å². The molecule has 1 unspecified atom stereocenters. The van der Waals surface area contributed by atoms with Gasteiger partial charge in [0.05, 0.1) is 0 Å². The number of rotatable bonds is 5. The van der Waals surface area contributed by atoms with Gasteiger partial charge in [0, 0.05) is 0 Å². The zero-order valence-corrected chi connectivity index (χ0v) is 9.49. The van der Waals surface area contributed by atoms with Crippen molar-refractivity contribution >= 4 is 11.9 Å². The number of carbonyl (C=O) groups is 2. The Morgan fingerprint density at radius 1 is 1.40 bits per heavy atom. The predicted molar refractivity (Wildman–Crippen MR) is 53.6 cm³/mol. The van der Waals surface area contributed by atoms with E-state index in [-0.39, 0.29) is 6.61 Å². The largest absolute Gasteiger partial charge is 0.459 e. The summed E-state index contributed by atoms with van der Waals surface area (Å²) in [5, 5.41) is 0. The Morgan fingerprint density at radius 2 is 1.93 bits per heavy atom. The van der Waals surface area contributed by atoms with E-state index in [1.54, 1.807) is 27.7 Å². The van der Waals surface area contributed by atoms with Crippen LogP contribution in [0.2, 0.25) is 0 Å². The summed E-state index contributed by atoms with van der Waals surface area (Å²) in [6, 6.07) is -0.649. The Morgan fingerprint density at radius 3 is 2.33 bits per heavy atom.